The number of ether oxygens (including phenoxy) is 1. The van der Waals surface area contributed by atoms with Crippen LogP contribution in [0.25, 0.3) is 5.65 Å². The summed E-state index contributed by atoms with van der Waals surface area (Å²) in [6.07, 6.45) is 9.30. The van der Waals surface area contributed by atoms with Gasteiger partial charge in [-0.25, -0.2) is 9.97 Å². The topological polar surface area (TPSA) is 63.5 Å². The first-order valence-corrected chi connectivity index (χ1v) is 7.17. The molecule has 0 aromatic carbocycles. The second kappa shape index (κ2) is 5.66. The monoisotopic (exact) mass is 275 g/mol. The molecular formula is C14H21N5O. The van der Waals surface area contributed by atoms with Crippen molar-refractivity contribution in [1.82, 2.24) is 14.4 Å². The van der Waals surface area contributed by atoms with E-state index in [4.69, 9.17) is 4.74 Å². The summed E-state index contributed by atoms with van der Waals surface area (Å²) >= 11 is 0. The maximum absolute atomic E-state index is 5.42. The molecule has 2 aromatic heterocycles. The highest BCUT2D eigenvalue weighted by atomic mass is 16.5. The fraction of sp³-hybridized carbons (Fsp3) is 0.571. The number of anilines is 2. The minimum absolute atomic E-state index is 0.361. The lowest BCUT2D eigenvalue weighted by Crippen LogP contribution is -2.19. The molecule has 0 bridgehead atoms. The molecule has 1 aliphatic rings. The zero-order valence-electron chi connectivity index (χ0n) is 12.0. The van der Waals surface area contributed by atoms with Gasteiger partial charge in [0.15, 0.2) is 11.5 Å². The van der Waals surface area contributed by atoms with E-state index < -0.39 is 0 Å². The summed E-state index contributed by atoms with van der Waals surface area (Å²) in [5, 5.41) is 6.77. The van der Waals surface area contributed by atoms with Gasteiger partial charge >= 0.3 is 0 Å². The summed E-state index contributed by atoms with van der Waals surface area (Å²) < 4.78 is 7.42. The van der Waals surface area contributed by atoms with Gasteiger partial charge in [-0.2, -0.15) is 0 Å². The van der Waals surface area contributed by atoms with Gasteiger partial charge in [0.25, 0.3) is 0 Å². The van der Waals surface area contributed by atoms with E-state index in [2.05, 4.69) is 27.5 Å². The number of nitrogens with zero attached hydrogens (tertiary/aromatic N) is 3. The Bertz CT molecular complexity index is 582. The van der Waals surface area contributed by atoms with E-state index in [-0.39, 0.29) is 0 Å². The lowest BCUT2D eigenvalue weighted by molar-refractivity contribution is 0.108. The van der Waals surface area contributed by atoms with E-state index in [0.717, 1.165) is 43.1 Å². The summed E-state index contributed by atoms with van der Waals surface area (Å²) in [6, 6.07) is 0.407. The second-order valence-electron chi connectivity index (χ2n) is 5.18. The lowest BCUT2D eigenvalue weighted by atomic mass is 10.2. The van der Waals surface area contributed by atoms with Crippen molar-refractivity contribution in [2.75, 3.05) is 24.3 Å². The Morgan fingerprint density at radius 3 is 3.10 bits per heavy atom. The third-order valence-electron chi connectivity index (χ3n) is 3.79. The molecule has 2 unspecified atom stereocenters. The molecule has 0 spiro atoms. The quantitative estimate of drug-likeness (QED) is 0.875. The van der Waals surface area contributed by atoms with Gasteiger partial charge in [0.1, 0.15) is 5.82 Å². The van der Waals surface area contributed by atoms with Crippen LogP contribution in [0, 0.1) is 0 Å². The van der Waals surface area contributed by atoms with Crippen LogP contribution in [-0.4, -0.2) is 40.2 Å². The predicted molar refractivity (Wildman–Crippen MR) is 79.2 cm³/mol. The maximum Gasteiger partial charge on any atom is 0.180 e. The Hall–Kier alpha value is -1.82. The fourth-order valence-corrected chi connectivity index (χ4v) is 2.77. The van der Waals surface area contributed by atoms with Gasteiger partial charge in [0.05, 0.1) is 12.3 Å². The molecule has 6 heteroatoms. The predicted octanol–water partition coefficient (Wildman–Crippen LogP) is 2.14. The van der Waals surface area contributed by atoms with Gasteiger partial charge in [-0.05, 0) is 26.2 Å². The average molecular weight is 275 g/mol. The molecule has 0 saturated heterocycles. The molecule has 2 heterocycles. The molecule has 0 aliphatic heterocycles. The molecule has 3 rings (SSSR count). The first-order valence-electron chi connectivity index (χ1n) is 7.17. The van der Waals surface area contributed by atoms with E-state index >= 15 is 0 Å². The summed E-state index contributed by atoms with van der Waals surface area (Å²) in [4.78, 5) is 9.01. The molecule has 2 N–H and O–H groups in total. The van der Waals surface area contributed by atoms with Crippen LogP contribution in [-0.2, 0) is 4.74 Å². The molecule has 1 aliphatic carbocycles. The number of hydrogen-bond acceptors (Lipinski definition) is 5. The van der Waals surface area contributed by atoms with Crippen molar-refractivity contribution in [2.24, 2.45) is 0 Å². The summed E-state index contributed by atoms with van der Waals surface area (Å²) in [7, 11) is 1.78. The van der Waals surface area contributed by atoms with Crippen LogP contribution in [0.5, 0.6) is 0 Å². The molecule has 20 heavy (non-hydrogen) atoms. The van der Waals surface area contributed by atoms with Gasteiger partial charge in [-0.3, -0.25) is 0 Å². The van der Waals surface area contributed by atoms with Crippen LogP contribution >= 0.6 is 0 Å². The van der Waals surface area contributed by atoms with Crippen molar-refractivity contribution in [2.45, 2.75) is 38.3 Å². The van der Waals surface area contributed by atoms with Crippen LogP contribution in [0.2, 0.25) is 0 Å². The van der Waals surface area contributed by atoms with Gasteiger partial charge < -0.3 is 19.8 Å². The Morgan fingerprint density at radius 1 is 1.45 bits per heavy atom. The van der Waals surface area contributed by atoms with Crippen molar-refractivity contribution < 1.29 is 4.74 Å². The van der Waals surface area contributed by atoms with Crippen LogP contribution in [0.3, 0.4) is 0 Å². The number of nitrogens with one attached hydrogen (secondary N) is 2. The van der Waals surface area contributed by atoms with Crippen molar-refractivity contribution in [3.8, 4) is 0 Å². The van der Waals surface area contributed by atoms with Crippen molar-refractivity contribution in [3.63, 3.8) is 0 Å². The number of methoxy groups -OCH3 is 1. The van der Waals surface area contributed by atoms with E-state index in [1.165, 1.54) is 0 Å². The van der Waals surface area contributed by atoms with Crippen LogP contribution < -0.4 is 10.6 Å². The molecule has 108 valence electrons. The van der Waals surface area contributed by atoms with Crippen molar-refractivity contribution in [1.29, 1.82) is 0 Å². The Labute approximate surface area is 118 Å². The highest BCUT2D eigenvalue weighted by molar-refractivity contribution is 5.65. The van der Waals surface area contributed by atoms with Gasteiger partial charge in [0.2, 0.25) is 0 Å². The molecule has 2 atom stereocenters. The van der Waals surface area contributed by atoms with E-state index in [0.29, 0.717) is 12.1 Å². The number of imidazole rings is 1. The molecule has 2 aromatic rings. The number of fused-ring (bicyclic) bond motifs is 1. The van der Waals surface area contributed by atoms with Crippen LogP contribution in [0.4, 0.5) is 11.6 Å². The first-order chi connectivity index (χ1) is 9.80. The van der Waals surface area contributed by atoms with Crippen LogP contribution in [0.1, 0.15) is 26.2 Å². The number of aromatic nitrogens is 3. The summed E-state index contributed by atoms with van der Waals surface area (Å²) in [5.41, 5.74) is 0.868. The highest BCUT2D eigenvalue weighted by Gasteiger charge is 2.25. The first kappa shape index (κ1) is 13.2. The van der Waals surface area contributed by atoms with E-state index in [1.54, 1.807) is 13.3 Å². The third kappa shape index (κ3) is 2.56. The van der Waals surface area contributed by atoms with Crippen LogP contribution in [0.15, 0.2) is 18.6 Å². The number of hydrogen-bond donors (Lipinski definition) is 2. The zero-order chi connectivity index (χ0) is 13.9. The normalized spacial score (nSPS) is 22.3. The van der Waals surface area contributed by atoms with Gasteiger partial charge in [-0.1, -0.05) is 0 Å². The van der Waals surface area contributed by atoms with Gasteiger partial charge in [-0.15, -0.1) is 0 Å². The smallest absolute Gasteiger partial charge is 0.180 e. The Balaban J connectivity index is 1.84. The molecule has 1 fully saturated rings. The molecule has 1 saturated carbocycles. The standard InChI is InChI=1S/C14H21N5O/c1-3-15-12-9-19-7-6-16-14(19)13(18-12)17-10-4-5-11(8-10)20-2/h6-7,9-11,15H,3-5,8H2,1-2H3,(H,17,18). The van der Waals surface area contributed by atoms with Crippen molar-refractivity contribution in [3.05, 3.63) is 18.6 Å². The van der Waals surface area contributed by atoms with Crippen molar-refractivity contribution >= 4 is 17.3 Å². The molecular weight excluding hydrogens is 254 g/mol. The number of rotatable bonds is 5. The average Bonchev–Trinajstić information content (AvgIpc) is 3.07. The summed E-state index contributed by atoms with van der Waals surface area (Å²) in [5.74, 6) is 1.71. The van der Waals surface area contributed by atoms with E-state index in [1.807, 2.05) is 16.8 Å². The SMILES string of the molecule is CCNc1cn2ccnc2c(NC2CCC(OC)C2)n1. The Morgan fingerprint density at radius 2 is 2.35 bits per heavy atom. The molecule has 6 nitrogen and oxygen atoms in total. The summed E-state index contributed by atoms with van der Waals surface area (Å²) in [6.45, 7) is 2.91. The molecule has 0 amide bonds. The third-order valence-corrected chi connectivity index (χ3v) is 3.79. The van der Waals surface area contributed by atoms with Gasteiger partial charge in [0, 0.05) is 32.1 Å². The maximum atomic E-state index is 5.42. The van der Waals surface area contributed by atoms with E-state index in [9.17, 15) is 0 Å². The largest absolute Gasteiger partial charge is 0.381 e. The highest BCUT2D eigenvalue weighted by Crippen LogP contribution is 2.26. The zero-order valence-corrected chi connectivity index (χ0v) is 12.0. The fourth-order valence-electron chi connectivity index (χ4n) is 2.77. The lowest BCUT2D eigenvalue weighted by Gasteiger charge is -2.15. The minimum Gasteiger partial charge on any atom is -0.381 e. The Kier molecular flexibility index (Phi) is 3.73. The minimum atomic E-state index is 0.361. The second-order valence-corrected chi connectivity index (χ2v) is 5.18. The molecule has 0 radical (unpaired) electrons.